The van der Waals surface area contributed by atoms with Crippen molar-refractivity contribution in [2.75, 3.05) is 0 Å². The number of aryl methyl sites for hydroxylation is 1. The lowest BCUT2D eigenvalue weighted by Crippen LogP contribution is -2.13. The van der Waals surface area contributed by atoms with Crippen LogP contribution in [0.5, 0.6) is 0 Å². The second-order valence-corrected chi connectivity index (χ2v) is 5.24. The van der Waals surface area contributed by atoms with E-state index in [1.165, 1.54) is 0 Å². The molecule has 0 aliphatic heterocycles. The van der Waals surface area contributed by atoms with E-state index in [1.807, 2.05) is 48.0 Å². The zero-order valence-corrected chi connectivity index (χ0v) is 13.2. The van der Waals surface area contributed by atoms with Gasteiger partial charge in [0.15, 0.2) is 6.10 Å². The van der Waals surface area contributed by atoms with Crippen LogP contribution in [0.4, 0.5) is 0 Å². The summed E-state index contributed by atoms with van der Waals surface area (Å²) < 4.78 is 12.5. The summed E-state index contributed by atoms with van der Waals surface area (Å²) in [5.41, 5.74) is 2.44. The summed E-state index contributed by atoms with van der Waals surface area (Å²) in [4.78, 5) is 12.4. The number of carbonyl (C=O) groups is 1. The highest BCUT2D eigenvalue weighted by molar-refractivity contribution is 5.89. The van der Waals surface area contributed by atoms with E-state index >= 15 is 0 Å². The molecule has 118 valence electrons. The molecule has 0 aliphatic rings. The predicted octanol–water partition coefficient (Wildman–Crippen LogP) is 3.30. The molecule has 0 bridgehead atoms. The van der Waals surface area contributed by atoms with E-state index in [4.69, 9.17) is 9.15 Å². The van der Waals surface area contributed by atoms with E-state index in [0.717, 1.165) is 11.3 Å². The van der Waals surface area contributed by atoms with Gasteiger partial charge in [0.25, 0.3) is 5.89 Å². The molecule has 0 aliphatic carbocycles. The summed E-state index contributed by atoms with van der Waals surface area (Å²) in [6.07, 6.45) is -0.598. The lowest BCUT2D eigenvalue weighted by molar-refractivity contribution is 0.0266. The number of hydrogen-bond acceptors (Lipinski definition) is 5. The van der Waals surface area contributed by atoms with Crippen LogP contribution >= 0.6 is 0 Å². The second-order valence-electron chi connectivity index (χ2n) is 5.24. The Hall–Kier alpha value is -2.89. The summed E-state index contributed by atoms with van der Waals surface area (Å²) in [5, 5.41) is 7.60. The van der Waals surface area contributed by atoms with Gasteiger partial charge in [-0.3, -0.25) is 0 Å². The van der Waals surface area contributed by atoms with Gasteiger partial charge in [0.1, 0.15) is 5.69 Å². The van der Waals surface area contributed by atoms with Crippen LogP contribution < -0.4 is 0 Å². The third-order valence-corrected chi connectivity index (χ3v) is 3.57. The summed E-state index contributed by atoms with van der Waals surface area (Å²) >= 11 is 0. The van der Waals surface area contributed by atoms with E-state index in [0.29, 0.717) is 11.6 Å². The lowest BCUT2D eigenvalue weighted by Gasteiger charge is -2.11. The van der Waals surface area contributed by atoms with E-state index in [-0.39, 0.29) is 5.89 Å². The van der Waals surface area contributed by atoms with Gasteiger partial charge in [0, 0.05) is 19.7 Å². The van der Waals surface area contributed by atoms with Crippen LogP contribution in [0.15, 0.2) is 46.9 Å². The van der Waals surface area contributed by atoms with Crippen LogP contribution in [0, 0.1) is 6.92 Å². The molecular weight excluding hydrogens is 294 g/mol. The highest BCUT2D eigenvalue weighted by Gasteiger charge is 2.21. The maximum absolute atomic E-state index is 12.4. The van der Waals surface area contributed by atoms with Gasteiger partial charge in [0.05, 0.1) is 0 Å². The van der Waals surface area contributed by atoms with Gasteiger partial charge in [-0.1, -0.05) is 30.3 Å². The molecule has 0 saturated carbocycles. The number of hydrogen-bond donors (Lipinski definition) is 0. The standard InChI is InChI=1S/C17H17N3O3/c1-11(16-19-18-12(2)23-16)22-17(21)15-10-9-14(20(15)3)13-7-5-4-6-8-13/h4-11H,1-3H3/t11-/m1/s1. The monoisotopic (exact) mass is 311 g/mol. The Kier molecular flexibility index (Phi) is 3.97. The summed E-state index contributed by atoms with van der Waals surface area (Å²) in [7, 11) is 1.83. The average molecular weight is 311 g/mol. The van der Waals surface area contributed by atoms with Crippen molar-refractivity contribution in [1.29, 1.82) is 0 Å². The Labute approximate surface area is 133 Å². The van der Waals surface area contributed by atoms with Crippen molar-refractivity contribution in [3.05, 3.63) is 59.9 Å². The van der Waals surface area contributed by atoms with Gasteiger partial charge in [-0.05, 0) is 24.6 Å². The first-order valence-electron chi connectivity index (χ1n) is 7.28. The van der Waals surface area contributed by atoms with Crippen molar-refractivity contribution >= 4 is 5.97 Å². The maximum Gasteiger partial charge on any atom is 0.355 e. The van der Waals surface area contributed by atoms with Crippen molar-refractivity contribution in [2.24, 2.45) is 7.05 Å². The zero-order chi connectivity index (χ0) is 16.4. The second kappa shape index (κ2) is 6.08. The first-order chi connectivity index (χ1) is 11.1. The summed E-state index contributed by atoms with van der Waals surface area (Å²) in [6.45, 7) is 3.39. The Morgan fingerprint density at radius 2 is 1.91 bits per heavy atom. The van der Waals surface area contributed by atoms with E-state index in [2.05, 4.69) is 10.2 Å². The van der Waals surface area contributed by atoms with Gasteiger partial charge in [-0.2, -0.15) is 0 Å². The molecule has 0 fully saturated rings. The quantitative estimate of drug-likeness (QED) is 0.691. The number of rotatable bonds is 4. The van der Waals surface area contributed by atoms with Crippen LogP contribution in [0.3, 0.4) is 0 Å². The molecule has 1 atom stereocenters. The predicted molar refractivity (Wildman–Crippen MR) is 83.7 cm³/mol. The molecule has 23 heavy (non-hydrogen) atoms. The van der Waals surface area contributed by atoms with Gasteiger partial charge >= 0.3 is 5.97 Å². The molecule has 0 N–H and O–H groups in total. The molecule has 0 unspecified atom stereocenters. The van der Waals surface area contributed by atoms with Crippen LogP contribution in [-0.4, -0.2) is 20.7 Å². The minimum atomic E-state index is -0.598. The average Bonchev–Trinajstić information content (AvgIpc) is 3.14. The first-order valence-corrected chi connectivity index (χ1v) is 7.28. The van der Waals surface area contributed by atoms with Crippen LogP contribution in [-0.2, 0) is 11.8 Å². The molecule has 0 spiro atoms. The number of benzene rings is 1. The zero-order valence-electron chi connectivity index (χ0n) is 13.2. The Morgan fingerprint density at radius 3 is 2.57 bits per heavy atom. The maximum atomic E-state index is 12.4. The topological polar surface area (TPSA) is 70.2 Å². The first kappa shape index (κ1) is 15.0. The van der Waals surface area contributed by atoms with E-state index in [1.54, 1.807) is 19.9 Å². The van der Waals surface area contributed by atoms with Crippen molar-refractivity contribution in [3.8, 4) is 11.3 Å². The number of aromatic nitrogens is 3. The third-order valence-electron chi connectivity index (χ3n) is 3.57. The molecule has 0 radical (unpaired) electrons. The molecule has 2 heterocycles. The summed E-state index contributed by atoms with van der Waals surface area (Å²) in [6, 6.07) is 13.5. The van der Waals surface area contributed by atoms with Gasteiger partial charge in [-0.25, -0.2) is 4.79 Å². The number of carbonyl (C=O) groups excluding carboxylic acids is 1. The normalized spacial score (nSPS) is 12.1. The molecule has 2 aromatic heterocycles. The Morgan fingerprint density at radius 1 is 1.17 bits per heavy atom. The Bertz CT molecular complexity index is 821. The smallest absolute Gasteiger partial charge is 0.355 e. The van der Waals surface area contributed by atoms with Crippen molar-refractivity contribution in [2.45, 2.75) is 20.0 Å². The SMILES string of the molecule is Cc1nnc([C@@H](C)OC(=O)c2ccc(-c3ccccc3)n2C)o1. The van der Waals surface area contributed by atoms with Crippen molar-refractivity contribution in [3.63, 3.8) is 0 Å². The third kappa shape index (κ3) is 3.01. The fraction of sp³-hybridized carbons (Fsp3) is 0.235. The van der Waals surface area contributed by atoms with E-state index < -0.39 is 12.1 Å². The lowest BCUT2D eigenvalue weighted by atomic mass is 10.2. The van der Waals surface area contributed by atoms with Gasteiger partial charge in [-0.15, -0.1) is 10.2 Å². The Balaban J connectivity index is 1.79. The van der Waals surface area contributed by atoms with Crippen molar-refractivity contribution < 1.29 is 13.9 Å². The number of ether oxygens (including phenoxy) is 1. The fourth-order valence-corrected chi connectivity index (χ4v) is 2.36. The van der Waals surface area contributed by atoms with Crippen LogP contribution in [0.2, 0.25) is 0 Å². The minimum Gasteiger partial charge on any atom is -0.448 e. The molecular formula is C17H17N3O3. The fourth-order valence-electron chi connectivity index (χ4n) is 2.36. The number of nitrogens with zero attached hydrogens (tertiary/aromatic N) is 3. The molecule has 1 aromatic carbocycles. The molecule has 3 rings (SSSR count). The van der Waals surface area contributed by atoms with Crippen molar-refractivity contribution in [1.82, 2.24) is 14.8 Å². The highest BCUT2D eigenvalue weighted by atomic mass is 16.6. The molecule has 6 heteroatoms. The molecule has 0 saturated heterocycles. The molecule has 6 nitrogen and oxygen atoms in total. The van der Waals surface area contributed by atoms with Gasteiger partial charge < -0.3 is 13.7 Å². The molecule has 3 aromatic rings. The molecule has 0 amide bonds. The van der Waals surface area contributed by atoms with E-state index in [9.17, 15) is 4.79 Å². The van der Waals surface area contributed by atoms with Gasteiger partial charge in [0.2, 0.25) is 5.89 Å². The van der Waals surface area contributed by atoms with Crippen LogP contribution in [0.1, 0.15) is 35.3 Å². The highest BCUT2D eigenvalue weighted by Crippen LogP contribution is 2.23. The largest absolute Gasteiger partial charge is 0.448 e. The number of esters is 1. The minimum absolute atomic E-state index is 0.286. The van der Waals surface area contributed by atoms with Crippen LogP contribution in [0.25, 0.3) is 11.3 Å². The summed E-state index contributed by atoms with van der Waals surface area (Å²) in [5.74, 6) is 0.291.